The Balaban J connectivity index is 1.49. The maximum absolute atomic E-state index is 12.5. The fraction of sp³-hybridized carbons (Fsp3) is 0.471. The number of aromatic nitrogens is 2. The van der Waals surface area contributed by atoms with Gasteiger partial charge in [-0.2, -0.15) is 4.98 Å². The molecule has 4 heterocycles. The third kappa shape index (κ3) is 2.63. The first-order chi connectivity index (χ1) is 11.2. The van der Waals surface area contributed by atoms with Gasteiger partial charge in [0.25, 0.3) is 0 Å². The van der Waals surface area contributed by atoms with E-state index in [1.807, 2.05) is 30.3 Å². The minimum atomic E-state index is -0.273. The average Bonchev–Trinajstić information content (AvgIpc) is 3.09. The summed E-state index contributed by atoms with van der Waals surface area (Å²) in [5, 5.41) is 7.01. The molecule has 120 valence electrons. The second-order valence-corrected chi connectivity index (χ2v) is 6.40. The smallest absolute Gasteiger partial charge is 0.316 e. The first kappa shape index (κ1) is 14.4. The minimum Gasteiger partial charge on any atom is -0.343 e. The van der Waals surface area contributed by atoms with Gasteiger partial charge in [0.2, 0.25) is 5.82 Å². The maximum atomic E-state index is 12.5. The fourth-order valence-electron chi connectivity index (χ4n) is 3.78. The van der Waals surface area contributed by atoms with Crippen LogP contribution in [0, 0.1) is 5.92 Å². The van der Waals surface area contributed by atoms with E-state index in [0.717, 1.165) is 31.5 Å². The van der Waals surface area contributed by atoms with Gasteiger partial charge in [0.15, 0.2) is 0 Å². The molecular formula is C17H20N4O2. The number of hydrogen-bond acceptors (Lipinski definition) is 5. The number of amides is 1. The SMILES string of the molecule is CC1C(NC(=O)c2nc(-c3ccccc3)no2)C2CCN1CC2. The van der Waals surface area contributed by atoms with E-state index in [0.29, 0.717) is 17.8 Å². The summed E-state index contributed by atoms with van der Waals surface area (Å²) < 4.78 is 5.15. The van der Waals surface area contributed by atoms with Crippen LogP contribution in [0.2, 0.25) is 0 Å². The van der Waals surface area contributed by atoms with Gasteiger partial charge in [-0.05, 0) is 38.8 Å². The molecule has 0 saturated carbocycles. The Kier molecular flexibility index (Phi) is 3.61. The fourth-order valence-corrected chi connectivity index (χ4v) is 3.78. The Bertz CT molecular complexity index is 690. The van der Waals surface area contributed by atoms with Crippen LogP contribution >= 0.6 is 0 Å². The Labute approximate surface area is 134 Å². The van der Waals surface area contributed by atoms with Crippen LogP contribution in [0.4, 0.5) is 0 Å². The summed E-state index contributed by atoms with van der Waals surface area (Å²) in [4.78, 5) is 19.1. The van der Waals surface area contributed by atoms with Crippen molar-refractivity contribution in [2.24, 2.45) is 5.92 Å². The molecule has 2 unspecified atom stereocenters. The predicted molar refractivity (Wildman–Crippen MR) is 84.7 cm³/mol. The molecular weight excluding hydrogens is 292 g/mol. The molecule has 3 fully saturated rings. The van der Waals surface area contributed by atoms with Crippen LogP contribution in [0.3, 0.4) is 0 Å². The molecule has 1 amide bonds. The lowest BCUT2D eigenvalue weighted by molar-refractivity contribution is 0.0208. The second-order valence-electron chi connectivity index (χ2n) is 6.40. The third-order valence-electron chi connectivity index (χ3n) is 5.13. The molecule has 0 radical (unpaired) electrons. The monoisotopic (exact) mass is 312 g/mol. The molecule has 23 heavy (non-hydrogen) atoms. The lowest BCUT2D eigenvalue weighted by Crippen LogP contribution is -2.62. The van der Waals surface area contributed by atoms with Gasteiger partial charge < -0.3 is 9.84 Å². The molecule has 5 rings (SSSR count). The van der Waals surface area contributed by atoms with Crippen LogP contribution in [0.25, 0.3) is 11.4 Å². The van der Waals surface area contributed by atoms with Crippen molar-refractivity contribution in [3.05, 3.63) is 36.2 Å². The lowest BCUT2D eigenvalue weighted by atomic mass is 9.79. The maximum Gasteiger partial charge on any atom is 0.316 e. The molecule has 0 spiro atoms. The van der Waals surface area contributed by atoms with Gasteiger partial charge in [-0.1, -0.05) is 35.5 Å². The Morgan fingerprint density at radius 1 is 1.26 bits per heavy atom. The van der Waals surface area contributed by atoms with Crippen molar-refractivity contribution in [2.75, 3.05) is 13.1 Å². The Morgan fingerprint density at radius 3 is 2.70 bits per heavy atom. The highest BCUT2D eigenvalue weighted by molar-refractivity contribution is 5.90. The zero-order chi connectivity index (χ0) is 15.8. The quantitative estimate of drug-likeness (QED) is 0.938. The summed E-state index contributed by atoms with van der Waals surface area (Å²) in [6.07, 6.45) is 2.29. The normalized spacial score (nSPS) is 29.4. The van der Waals surface area contributed by atoms with Crippen molar-refractivity contribution in [2.45, 2.75) is 31.8 Å². The number of nitrogens with one attached hydrogen (secondary N) is 1. The predicted octanol–water partition coefficient (Wildman–Crippen LogP) is 1.95. The van der Waals surface area contributed by atoms with Crippen LogP contribution in [0.5, 0.6) is 0 Å². The van der Waals surface area contributed by atoms with E-state index in [9.17, 15) is 4.79 Å². The summed E-state index contributed by atoms with van der Waals surface area (Å²) in [6, 6.07) is 10.0. The molecule has 2 atom stereocenters. The van der Waals surface area contributed by atoms with Gasteiger partial charge in [-0.3, -0.25) is 9.69 Å². The van der Waals surface area contributed by atoms with Crippen LogP contribution < -0.4 is 5.32 Å². The van der Waals surface area contributed by atoms with Crippen molar-refractivity contribution in [1.29, 1.82) is 0 Å². The number of hydrogen-bond donors (Lipinski definition) is 1. The Hall–Kier alpha value is -2.21. The number of nitrogens with zero attached hydrogens (tertiary/aromatic N) is 3. The van der Waals surface area contributed by atoms with Gasteiger partial charge in [0.1, 0.15) is 0 Å². The molecule has 3 aliphatic heterocycles. The zero-order valence-electron chi connectivity index (χ0n) is 13.1. The summed E-state index contributed by atoms with van der Waals surface area (Å²) >= 11 is 0. The minimum absolute atomic E-state index is 0.0347. The molecule has 3 aliphatic rings. The molecule has 1 aromatic carbocycles. The molecule has 3 saturated heterocycles. The van der Waals surface area contributed by atoms with E-state index < -0.39 is 0 Å². The average molecular weight is 312 g/mol. The highest BCUT2D eigenvalue weighted by Crippen LogP contribution is 2.32. The number of piperidine rings is 3. The van der Waals surface area contributed by atoms with Crippen molar-refractivity contribution >= 4 is 5.91 Å². The molecule has 6 nitrogen and oxygen atoms in total. The molecule has 1 aromatic heterocycles. The highest BCUT2D eigenvalue weighted by Gasteiger charge is 2.41. The van der Waals surface area contributed by atoms with Crippen molar-refractivity contribution in [1.82, 2.24) is 20.4 Å². The van der Waals surface area contributed by atoms with E-state index in [4.69, 9.17) is 4.52 Å². The van der Waals surface area contributed by atoms with E-state index in [2.05, 4.69) is 27.3 Å². The number of carbonyl (C=O) groups excluding carboxylic acids is 1. The van der Waals surface area contributed by atoms with Crippen LogP contribution in [-0.2, 0) is 0 Å². The van der Waals surface area contributed by atoms with Crippen LogP contribution in [0.15, 0.2) is 34.9 Å². The molecule has 6 heteroatoms. The zero-order valence-corrected chi connectivity index (χ0v) is 13.1. The summed E-state index contributed by atoms with van der Waals surface area (Å²) in [5.41, 5.74) is 0.839. The van der Waals surface area contributed by atoms with Crippen molar-refractivity contribution in [3.63, 3.8) is 0 Å². The lowest BCUT2D eigenvalue weighted by Gasteiger charge is -2.49. The first-order valence-electron chi connectivity index (χ1n) is 8.16. The number of benzene rings is 1. The van der Waals surface area contributed by atoms with Crippen LogP contribution in [-0.4, -0.2) is 46.1 Å². The summed E-state index contributed by atoms with van der Waals surface area (Å²) in [7, 11) is 0. The van der Waals surface area contributed by atoms with Gasteiger partial charge in [0, 0.05) is 17.6 Å². The van der Waals surface area contributed by atoms with E-state index >= 15 is 0 Å². The largest absolute Gasteiger partial charge is 0.343 e. The summed E-state index contributed by atoms with van der Waals surface area (Å²) in [5.74, 6) is 0.756. The number of carbonyl (C=O) groups is 1. The highest BCUT2D eigenvalue weighted by atomic mass is 16.5. The van der Waals surface area contributed by atoms with E-state index in [-0.39, 0.29) is 17.8 Å². The van der Waals surface area contributed by atoms with E-state index in [1.165, 1.54) is 0 Å². The first-order valence-corrected chi connectivity index (χ1v) is 8.16. The van der Waals surface area contributed by atoms with Crippen molar-refractivity contribution < 1.29 is 9.32 Å². The molecule has 0 aliphatic carbocycles. The van der Waals surface area contributed by atoms with Gasteiger partial charge in [-0.25, -0.2) is 0 Å². The summed E-state index contributed by atoms with van der Waals surface area (Å²) in [6.45, 7) is 4.45. The Morgan fingerprint density at radius 2 is 2.00 bits per heavy atom. The molecule has 1 N–H and O–H groups in total. The molecule has 2 aromatic rings. The van der Waals surface area contributed by atoms with Gasteiger partial charge in [-0.15, -0.1) is 0 Å². The second kappa shape index (κ2) is 5.77. The standard InChI is InChI=1S/C17H20N4O2/c1-11-14(12-7-9-21(11)10-8-12)18-16(22)17-19-15(20-23-17)13-5-3-2-4-6-13/h2-6,11-12,14H,7-10H2,1H3,(H,18,22). The number of fused-ring (bicyclic) bond motifs is 3. The topological polar surface area (TPSA) is 71.3 Å². The van der Waals surface area contributed by atoms with Crippen LogP contribution in [0.1, 0.15) is 30.5 Å². The third-order valence-corrected chi connectivity index (χ3v) is 5.13. The van der Waals surface area contributed by atoms with Gasteiger partial charge >= 0.3 is 11.8 Å². The number of rotatable bonds is 3. The van der Waals surface area contributed by atoms with E-state index in [1.54, 1.807) is 0 Å². The van der Waals surface area contributed by atoms with Crippen molar-refractivity contribution in [3.8, 4) is 11.4 Å². The molecule has 2 bridgehead atoms. The van der Waals surface area contributed by atoms with Gasteiger partial charge in [0.05, 0.1) is 0 Å².